The molecule has 5 nitrogen and oxygen atoms in total. The predicted molar refractivity (Wildman–Crippen MR) is 106 cm³/mol. The first-order valence-corrected chi connectivity index (χ1v) is 10.4. The molecule has 1 aliphatic rings. The molecule has 0 unspecified atom stereocenters. The molecule has 1 fully saturated rings. The lowest BCUT2D eigenvalue weighted by Gasteiger charge is -2.16. The molecule has 0 bridgehead atoms. The highest BCUT2D eigenvalue weighted by Gasteiger charge is 2.30. The van der Waals surface area contributed by atoms with Gasteiger partial charge in [0.15, 0.2) is 5.16 Å². The number of hydrogen-bond acceptors (Lipinski definition) is 5. The van der Waals surface area contributed by atoms with Gasteiger partial charge in [-0.1, -0.05) is 30.0 Å². The van der Waals surface area contributed by atoms with Gasteiger partial charge in [-0.05, 0) is 43.3 Å². The smallest absolute Gasteiger partial charge is 0.262 e. The summed E-state index contributed by atoms with van der Waals surface area (Å²) in [5.74, 6) is -0.0480. The van der Waals surface area contributed by atoms with Crippen molar-refractivity contribution in [2.24, 2.45) is 0 Å². The Labute approximate surface area is 159 Å². The predicted octanol–water partition coefficient (Wildman–Crippen LogP) is 3.59. The van der Waals surface area contributed by atoms with Gasteiger partial charge < -0.3 is 5.32 Å². The molecule has 7 heteroatoms. The Hall–Kier alpha value is -2.12. The maximum atomic E-state index is 12.9. The number of thiophene rings is 1. The van der Waals surface area contributed by atoms with Crippen LogP contribution in [0.4, 0.5) is 0 Å². The monoisotopic (exact) mass is 385 g/mol. The molecule has 0 saturated heterocycles. The number of para-hydroxylation sites is 1. The lowest BCUT2D eigenvalue weighted by atomic mass is 10.2. The quantitative estimate of drug-likeness (QED) is 0.520. The lowest BCUT2D eigenvalue weighted by molar-refractivity contribution is -0.120. The molecule has 4 rings (SSSR count). The summed E-state index contributed by atoms with van der Waals surface area (Å²) in [4.78, 5) is 31.1. The number of carbonyl (C=O) groups excluding carboxylic acids is 1. The Bertz CT molecular complexity index is 994. The molecule has 1 N–H and O–H groups in total. The number of hydrogen-bond donors (Lipinski definition) is 1. The largest absolute Gasteiger partial charge is 0.350 e. The van der Waals surface area contributed by atoms with Crippen molar-refractivity contribution in [3.8, 4) is 0 Å². The molecule has 134 valence electrons. The molecule has 2 aromatic heterocycles. The fraction of sp³-hybridized carbons (Fsp3) is 0.316. The third-order valence-electron chi connectivity index (χ3n) is 4.36. The first kappa shape index (κ1) is 17.3. The molecule has 1 amide bonds. The van der Waals surface area contributed by atoms with Crippen LogP contribution >= 0.6 is 23.1 Å². The minimum Gasteiger partial charge on any atom is -0.350 e. The van der Waals surface area contributed by atoms with Crippen molar-refractivity contribution in [3.63, 3.8) is 0 Å². The molecule has 3 aromatic rings. The van der Waals surface area contributed by atoms with E-state index in [-0.39, 0.29) is 22.8 Å². The van der Waals surface area contributed by atoms with E-state index in [9.17, 15) is 9.59 Å². The van der Waals surface area contributed by atoms with Crippen LogP contribution in [-0.4, -0.2) is 20.7 Å². The number of aromatic nitrogens is 2. The number of benzene rings is 1. The van der Waals surface area contributed by atoms with E-state index < -0.39 is 0 Å². The average Bonchev–Trinajstić information content (AvgIpc) is 3.33. The second kappa shape index (κ2) is 7.25. The van der Waals surface area contributed by atoms with Gasteiger partial charge in [-0.15, -0.1) is 11.3 Å². The van der Waals surface area contributed by atoms with Crippen molar-refractivity contribution >= 4 is 39.9 Å². The molecule has 26 heavy (non-hydrogen) atoms. The maximum absolute atomic E-state index is 12.9. The van der Waals surface area contributed by atoms with Crippen molar-refractivity contribution in [2.45, 2.75) is 42.8 Å². The first-order chi connectivity index (χ1) is 12.6. The summed E-state index contributed by atoms with van der Waals surface area (Å²) in [6, 6.07) is 11.6. The van der Waals surface area contributed by atoms with Crippen LogP contribution in [0.25, 0.3) is 10.9 Å². The highest BCUT2D eigenvalue weighted by Crippen LogP contribution is 2.37. The topological polar surface area (TPSA) is 64.0 Å². The summed E-state index contributed by atoms with van der Waals surface area (Å²) >= 11 is 2.98. The summed E-state index contributed by atoms with van der Waals surface area (Å²) in [6.45, 7) is 2.38. The Morgan fingerprint density at radius 1 is 1.35 bits per heavy atom. The van der Waals surface area contributed by atoms with Gasteiger partial charge in [0.2, 0.25) is 5.91 Å². The van der Waals surface area contributed by atoms with Gasteiger partial charge in [-0.3, -0.25) is 14.2 Å². The van der Waals surface area contributed by atoms with Crippen LogP contribution in [0.5, 0.6) is 0 Å². The van der Waals surface area contributed by atoms with Gasteiger partial charge in [0.25, 0.3) is 5.56 Å². The fourth-order valence-corrected chi connectivity index (χ4v) is 4.45. The number of nitrogens with zero attached hydrogens (tertiary/aromatic N) is 2. The van der Waals surface area contributed by atoms with Crippen molar-refractivity contribution in [1.82, 2.24) is 14.9 Å². The van der Waals surface area contributed by atoms with E-state index in [4.69, 9.17) is 0 Å². The number of fused-ring (bicyclic) bond motifs is 1. The lowest BCUT2D eigenvalue weighted by Crippen LogP contribution is -2.31. The molecule has 0 radical (unpaired) electrons. The molecule has 1 saturated carbocycles. The SMILES string of the molecule is C[C@H](Sc1nc2ccccc2c(=O)n1C1CC1)C(=O)NCc1cccs1. The fourth-order valence-electron chi connectivity index (χ4n) is 2.81. The highest BCUT2D eigenvalue weighted by molar-refractivity contribution is 8.00. The van der Waals surface area contributed by atoms with Gasteiger partial charge in [0, 0.05) is 10.9 Å². The van der Waals surface area contributed by atoms with Gasteiger partial charge in [-0.25, -0.2) is 4.98 Å². The molecule has 1 aromatic carbocycles. The summed E-state index contributed by atoms with van der Waals surface area (Å²) in [5.41, 5.74) is 0.676. The summed E-state index contributed by atoms with van der Waals surface area (Å²) in [5, 5.41) is 5.90. The third-order valence-corrected chi connectivity index (χ3v) is 6.30. The second-order valence-corrected chi connectivity index (χ2v) is 8.72. The summed E-state index contributed by atoms with van der Waals surface area (Å²) < 4.78 is 1.77. The zero-order valence-corrected chi connectivity index (χ0v) is 16.0. The average molecular weight is 386 g/mol. The first-order valence-electron chi connectivity index (χ1n) is 8.61. The highest BCUT2D eigenvalue weighted by atomic mass is 32.2. The van der Waals surface area contributed by atoms with E-state index in [0.29, 0.717) is 22.6 Å². The minimum atomic E-state index is -0.326. The van der Waals surface area contributed by atoms with Gasteiger partial charge in [0.1, 0.15) is 0 Å². The Balaban J connectivity index is 1.56. The van der Waals surface area contributed by atoms with E-state index in [0.717, 1.165) is 17.7 Å². The maximum Gasteiger partial charge on any atom is 0.262 e. The number of rotatable bonds is 6. The molecule has 0 spiro atoms. The summed E-state index contributed by atoms with van der Waals surface area (Å²) in [7, 11) is 0. The van der Waals surface area contributed by atoms with E-state index in [1.807, 2.05) is 48.7 Å². The van der Waals surface area contributed by atoms with E-state index in [1.54, 1.807) is 15.9 Å². The van der Waals surface area contributed by atoms with Gasteiger partial charge in [0.05, 0.1) is 22.7 Å². The normalized spacial score (nSPS) is 15.1. The number of thioether (sulfide) groups is 1. The van der Waals surface area contributed by atoms with Gasteiger partial charge in [-0.2, -0.15) is 0 Å². The van der Waals surface area contributed by atoms with Crippen LogP contribution in [0.1, 0.15) is 30.7 Å². The Kier molecular flexibility index (Phi) is 4.82. The minimum absolute atomic E-state index is 0.00760. The van der Waals surface area contributed by atoms with Crippen LogP contribution in [-0.2, 0) is 11.3 Å². The second-order valence-electron chi connectivity index (χ2n) is 6.38. The van der Waals surface area contributed by atoms with Crippen LogP contribution in [0.2, 0.25) is 0 Å². The Morgan fingerprint density at radius 3 is 2.88 bits per heavy atom. The molecule has 2 heterocycles. The molecule has 1 atom stereocenters. The summed E-state index contributed by atoms with van der Waals surface area (Å²) in [6.07, 6.45) is 1.99. The Morgan fingerprint density at radius 2 is 2.15 bits per heavy atom. The zero-order valence-electron chi connectivity index (χ0n) is 14.3. The van der Waals surface area contributed by atoms with Crippen LogP contribution in [0, 0.1) is 0 Å². The van der Waals surface area contributed by atoms with E-state index >= 15 is 0 Å². The number of nitrogens with one attached hydrogen (secondary N) is 1. The van der Waals surface area contributed by atoms with Gasteiger partial charge >= 0.3 is 0 Å². The van der Waals surface area contributed by atoms with E-state index in [1.165, 1.54) is 11.8 Å². The van der Waals surface area contributed by atoms with Crippen molar-refractivity contribution < 1.29 is 4.79 Å². The number of carbonyl (C=O) groups is 1. The molecule has 1 aliphatic carbocycles. The van der Waals surface area contributed by atoms with Crippen LogP contribution in [0.3, 0.4) is 0 Å². The third kappa shape index (κ3) is 3.54. The van der Waals surface area contributed by atoms with Crippen molar-refractivity contribution in [2.75, 3.05) is 0 Å². The molecular weight excluding hydrogens is 366 g/mol. The zero-order chi connectivity index (χ0) is 18.1. The molecule has 0 aliphatic heterocycles. The van der Waals surface area contributed by atoms with Crippen molar-refractivity contribution in [3.05, 3.63) is 57.0 Å². The molecular formula is C19H19N3O2S2. The van der Waals surface area contributed by atoms with Crippen LogP contribution < -0.4 is 10.9 Å². The van der Waals surface area contributed by atoms with E-state index in [2.05, 4.69) is 10.3 Å². The van der Waals surface area contributed by atoms with Crippen molar-refractivity contribution in [1.29, 1.82) is 0 Å². The standard InChI is InChI=1S/C19H19N3O2S2/c1-12(17(23)20-11-14-5-4-10-25-14)26-19-21-16-7-3-2-6-15(16)18(24)22(19)13-8-9-13/h2-7,10,12-13H,8-9,11H2,1H3,(H,20,23)/t12-/m0/s1. The number of amides is 1. The van der Waals surface area contributed by atoms with Crippen LogP contribution in [0.15, 0.2) is 51.7 Å².